The molecule has 0 spiro atoms. The number of halogens is 3. The van der Waals surface area contributed by atoms with Crippen molar-refractivity contribution in [2.45, 2.75) is 23.9 Å². The molecule has 2 aromatic rings. The van der Waals surface area contributed by atoms with Crippen molar-refractivity contribution in [3.8, 4) is 0 Å². The van der Waals surface area contributed by atoms with Crippen molar-refractivity contribution < 1.29 is 13.2 Å². The van der Waals surface area contributed by atoms with Crippen LogP contribution in [0.5, 0.6) is 0 Å². The van der Waals surface area contributed by atoms with Gasteiger partial charge in [-0.1, -0.05) is 6.07 Å². The zero-order valence-electron chi connectivity index (χ0n) is 11.0. The van der Waals surface area contributed by atoms with Gasteiger partial charge in [-0.25, -0.2) is 0 Å². The van der Waals surface area contributed by atoms with E-state index in [1.165, 1.54) is 23.9 Å². The number of nitrogen functional groups attached to an aromatic ring is 1. The van der Waals surface area contributed by atoms with Gasteiger partial charge in [-0.3, -0.25) is 4.68 Å². The fraction of sp³-hybridized carbons (Fsp3) is 0.308. The zero-order valence-corrected chi connectivity index (χ0v) is 11.8. The lowest BCUT2D eigenvalue weighted by atomic mass is 10.1. The van der Waals surface area contributed by atoms with Crippen molar-refractivity contribution in [2.24, 2.45) is 7.05 Å². The van der Waals surface area contributed by atoms with Crippen molar-refractivity contribution in [1.29, 1.82) is 0 Å². The Labute approximate surface area is 119 Å². The number of aromatic nitrogens is 2. The molecule has 108 valence electrons. The number of alkyl halides is 3. The summed E-state index contributed by atoms with van der Waals surface area (Å²) in [5, 5.41) is 4.99. The lowest BCUT2D eigenvalue weighted by Gasteiger charge is -2.13. The first-order valence-corrected chi connectivity index (χ1v) is 6.85. The quantitative estimate of drug-likeness (QED) is 0.695. The van der Waals surface area contributed by atoms with E-state index in [9.17, 15) is 13.2 Å². The molecule has 1 aromatic carbocycles. The Kier molecular flexibility index (Phi) is 3.99. The molecule has 1 aromatic heterocycles. The van der Waals surface area contributed by atoms with Crippen molar-refractivity contribution in [2.75, 3.05) is 5.73 Å². The third-order valence-corrected chi connectivity index (χ3v) is 3.91. The van der Waals surface area contributed by atoms with Crippen LogP contribution in [0.3, 0.4) is 0 Å². The molecule has 0 aliphatic heterocycles. The van der Waals surface area contributed by atoms with Crippen LogP contribution < -0.4 is 5.73 Å². The average Bonchev–Trinajstić information content (AvgIpc) is 2.65. The molecular formula is C13H14F3N3S. The SMILES string of the molecule is Cc1cc(SCc2ccc(N)cc2C(F)(F)F)n(C)n1. The summed E-state index contributed by atoms with van der Waals surface area (Å²) in [6.45, 7) is 1.84. The van der Waals surface area contributed by atoms with Crippen molar-refractivity contribution in [3.05, 3.63) is 41.1 Å². The van der Waals surface area contributed by atoms with Gasteiger partial charge in [-0.05, 0) is 30.7 Å². The van der Waals surface area contributed by atoms with Crippen LogP contribution in [0.2, 0.25) is 0 Å². The summed E-state index contributed by atoms with van der Waals surface area (Å²) >= 11 is 1.32. The van der Waals surface area contributed by atoms with Crippen LogP contribution in [-0.2, 0) is 19.0 Å². The maximum absolute atomic E-state index is 13.0. The minimum absolute atomic E-state index is 0.113. The highest BCUT2D eigenvalue weighted by molar-refractivity contribution is 7.98. The molecule has 0 atom stereocenters. The van der Waals surface area contributed by atoms with Gasteiger partial charge >= 0.3 is 6.18 Å². The first-order chi connectivity index (χ1) is 9.27. The molecular weight excluding hydrogens is 287 g/mol. The standard InChI is InChI=1S/C13H14F3N3S/c1-8-5-12(19(2)18-8)20-7-9-3-4-10(17)6-11(9)13(14,15)16/h3-6H,7,17H2,1-2H3. The maximum atomic E-state index is 13.0. The third-order valence-electron chi connectivity index (χ3n) is 2.77. The first-order valence-electron chi connectivity index (χ1n) is 5.86. The highest BCUT2D eigenvalue weighted by atomic mass is 32.2. The largest absolute Gasteiger partial charge is 0.416 e. The molecule has 2 rings (SSSR count). The van der Waals surface area contributed by atoms with Crippen LogP contribution in [0.15, 0.2) is 29.3 Å². The molecule has 0 saturated carbocycles. The second-order valence-corrected chi connectivity index (χ2v) is 5.45. The summed E-state index contributed by atoms with van der Waals surface area (Å²) in [6, 6.07) is 5.73. The molecule has 0 amide bonds. The Morgan fingerprint density at radius 1 is 1.30 bits per heavy atom. The van der Waals surface area contributed by atoms with Crippen LogP contribution in [0.25, 0.3) is 0 Å². The number of nitrogens with two attached hydrogens (primary N) is 1. The first kappa shape index (κ1) is 14.8. The predicted molar refractivity (Wildman–Crippen MR) is 73.4 cm³/mol. The van der Waals surface area contributed by atoms with Gasteiger partial charge in [0.15, 0.2) is 0 Å². The van der Waals surface area contributed by atoms with Crippen LogP contribution in [0.1, 0.15) is 16.8 Å². The normalized spacial score (nSPS) is 11.8. The van der Waals surface area contributed by atoms with Gasteiger partial charge in [0.05, 0.1) is 16.3 Å². The van der Waals surface area contributed by atoms with E-state index in [1.807, 2.05) is 13.0 Å². The van der Waals surface area contributed by atoms with Gasteiger partial charge in [-0.15, -0.1) is 11.8 Å². The van der Waals surface area contributed by atoms with Crippen LogP contribution >= 0.6 is 11.8 Å². The van der Waals surface area contributed by atoms with Gasteiger partial charge in [0.1, 0.15) is 0 Å². The summed E-state index contributed by atoms with van der Waals surface area (Å²) in [5.74, 6) is 0.216. The fourth-order valence-electron chi connectivity index (χ4n) is 1.86. The molecule has 0 radical (unpaired) electrons. The summed E-state index contributed by atoms with van der Waals surface area (Å²) in [4.78, 5) is 0. The van der Waals surface area contributed by atoms with E-state index in [-0.39, 0.29) is 17.0 Å². The van der Waals surface area contributed by atoms with E-state index in [4.69, 9.17) is 5.73 Å². The molecule has 3 nitrogen and oxygen atoms in total. The number of hydrogen-bond donors (Lipinski definition) is 1. The Morgan fingerprint density at radius 2 is 2.00 bits per heavy atom. The smallest absolute Gasteiger partial charge is 0.399 e. The highest BCUT2D eigenvalue weighted by Gasteiger charge is 2.33. The van der Waals surface area contributed by atoms with Gasteiger partial charge in [0, 0.05) is 18.5 Å². The van der Waals surface area contributed by atoms with Gasteiger partial charge < -0.3 is 5.73 Å². The number of anilines is 1. The zero-order chi connectivity index (χ0) is 14.9. The molecule has 0 saturated heterocycles. The average molecular weight is 301 g/mol. The number of aryl methyl sites for hydroxylation is 2. The molecule has 0 aliphatic rings. The van der Waals surface area contributed by atoms with Crippen molar-refractivity contribution in [3.63, 3.8) is 0 Å². The molecule has 1 heterocycles. The molecule has 7 heteroatoms. The summed E-state index contributed by atoms with van der Waals surface area (Å²) in [6.07, 6.45) is -4.40. The van der Waals surface area contributed by atoms with Gasteiger partial charge in [-0.2, -0.15) is 18.3 Å². The number of thioether (sulfide) groups is 1. The third kappa shape index (κ3) is 3.27. The second-order valence-electron chi connectivity index (χ2n) is 4.45. The topological polar surface area (TPSA) is 43.8 Å². The predicted octanol–water partition coefficient (Wildman–Crippen LogP) is 3.62. The summed E-state index contributed by atoms with van der Waals surface area (Å²) in [5.41, 5.74) is 5.93. The Morgan fingerprint density at radius 3 is 2.55 bits per heavy atom. The molecule has 2 N–H and O–H groups in total. The Hall–Kier alpha value is -1.63. The molecule has 0 unspecified atom stereocenters. The van der Waals surface area contributed by atoms with E-state index >= 15 is 0 Å². The van der Waals surface area contributed by atoms with Crippen LogP contribution in [0, 0.1) is 6.92 Å². The highest BCUT2D eigenvalue weighted by Crippen LogP contribution is 2.36. The van der Waals surface area contributed by atoms with Crippen LogP contribution in [0.4, 0.5) is 18.9 Å². The minimum atomic E-state index is -4.40. The van der Waals surface area contributed by atoms with Gasteiger partial charge in [0.25, 0.3) is 0 Å². The summed E-state index contributed by atoms with van der Waals surface area (Å²) < 4.78 is 40.5. The van der Waals surface area contributed by atoms with Crippen molar-refractivity contribution in [1.82, 2.24) is 9.78 Å². The number of benzene rings is 1. The second kappa shape index (κ2) is 5.40. The van der Waals surface area contributed by atoms with E-state index in [2.05, 4.69) is 5.10 Å². The van der Waals surface area contributed by atoms with Crippen molar-refractivity contribution >= 4 is 17.4 Å². The number of rotatable bonds is 3. The fourth-order valence-corrected chi connectivity index (χ4v) is 2.89. The lowest BCUT2D eigenvalue weighted by molar-refractivity contribution is -0.138. The van der Waals surface area contributed by atoms with E-state index in [1.54, 1.807) is 11.7 Å². The van der Waals surface area contributed by atoms with E-state index in [0.717, 1.165) is 16.8 Å². The van der Waals surface area contributed by atoms with E-state index in [0.29, 0.717) is 0 Å². The molecule has 20 heavy (non-hydrogen) atoms. The summed E-state index contributed by atoms with van der Waals surface area (Å²) in [7, 11) is 1.77. The van der Waals surface area contributed by atoms with Crippen LogP contribution in [-0.4, -0.2) is 9.78 Å². The number of hydrogen-bond acceptors (Lipinski definition) is 3. The Balaban J connectivity index is 2.23. The molecule has 0 aliphatic carbocycles. The molecule has 0 fully saturated rings. The maximum Gasteiger partial charge on any atom is 0.416 e. The minimum Gasteiger partial charge on any atom is -0.399 e. The Bertz CT molecular complexity index is 620. The molecule has 0 bridgehead atoms. The van der Waals surface area contributed by atoms with E-state index < -0.39 is 11.7 Å². The lowest BCUT2D eigenvalue weighted by Crippen LogP contribution is -2.09. The van der Waals surface area contributed by atoms with Gasteiger partial charge in [0.2, 0.25) is 0 Å². The monoisotopic (exact) mass is 301 g/mol. The number of nitrogens with zero attached hydrogens (tertiary/aromatic N) is 2.